The van der Waals surface area contributed by atoms with E-state index in [9.17, 15) is 13.2 Å². The van der Waals surface area contributed by atoms with Crippen molar-refractivity contribution in [1.29, 1.82) is 0 Å². The van der Waals surface area contributed by atoms with Gasteiger partial charge in [-0.2, -0.15) is 4.31 Å². The van der Waals surface area contributed by atoms with Crippen molar-refractivity contribution in [3.63, 3.8) is 0 Å². The number of thiophene rings is 1. The zero-order valence-corrected chi connectivity index (χ0v) is 16.7. The molecule has 0 bridgehead atoms. The molecule has 1 aliphatic heterocycles. The highest BCUT2D eigenvalue weighted by atomic mass is 32.2. The molecule has 1 spiro atoms. The number of nitrogens with zero attached hydrogens (tertiary/aromatic N) is 1. The van der Waals surface area contributed by atoms with E-state index in [1.54, 1.807) is 29.8 Å². The van der Waals surface area contributed by atoms with E-state index in [0.29, 0.717) is 23.1 Å². The van der Waals surface area contributed by atoms with Gasteiger partial charge in [-0.1, -0.05) is 25.3 Å². The van der Waals surface area contributed by atoms with Crippen LogP contribution in [0.25, 0.3) is 0 Å². The molecule has 1 unspecified atom stereocenters. The number of amides is 1. The molecule has 2 aliphatic rings. The van der Waals surface area contributed by atoms with E-state index < -0.39 is 10.0 Å². The maximum absolute atomic E-state index is 13.0. The highest BCUT2D eigenvalue weighted by Gasteiger charge is 2.53. The van der Waals surface area contributed by atoms with Gasteiger partial charge in [0, 0.05) is 13.1 Å². The number of carbonyl (C=O) groups is 1. The van der Waals surface area contributed by atoms with Crippen LogP contribution in [0.4, 0.5) is 0 Å². The van der Waals surface area contributed by atoms with Gasteiger partial charge in [0.1, 0.15) is 9.97 Å². The molecule has 0 radical (unpaired) electrons. The molecule has 2 fully saturated rings. The van der Waals surface area contributed by atoms with E-state index in [0.717, 1.165) is 32.1 Å². The first-order valence-electron chi connectivity index (χ1n) is 9.35. The van der Waals surface area contributed by atoms with Crippen LogP contribution in [-0.4, -0.2) is 31.7 Å². The Morgan fingerprint density at radius 1 is 1.26 bits per heavy atom. The second-order valence-corrected chi connectivity index (χ2v) is 10.6. The lowest BCUT2D eigenvalue weighted by molar-refractivity contribution is -0.128. The fourth-order valence-corrected chi connectivity index (χ4v) is 7.17. The molecule has 1 atom stereocenters. The van der Waals surface area contributed by atoms with Crippen molar-refractivity contribution >= 4 is 27.3 Å². The third-order valence-electron chi connectivity index (χ3n) is 5.89. The van der Waals surface area contributed by atoms with Gasteiger partial charge in [0.15, 0.2) is 0 Å². The Labute approximate surface area is 163 Å². The zero-order valence-electron chi connectivity index (χ0n) is 15.1. The van der Waals surface area contributed by atoms with Crippen molar-refractivity contribution in [3.05, 3.63) is 41.7 Å². The van der Waals surface area contributed by atoms with Crippen molar-refractivity contribution in [1.82, 2.24) is 9.62 Å². The Morgan fingerprint density at radius 2 is 2.07 bits per heavy atom. The van der Waals surface area contributed by atoms with E-state index >= 15 is 0 Å². The highest BCUT2D eigenvalue weighted by molar-refractivity contribution is 7.91. The first kappa shape index (κ1) is 18.7. The summed E-state index contributed by atoms with van der Waals surface area (Å²) in [6.45, 7) is 1.02. The SMILES string of the molecule is O=C(NCc1ccco1)C1CN(S(=O)(=O)c2cccs2)CC12CCCCC2. The number of hydrogen-bond acceptors (Lipinski definition) is 5. The maximum Gasteiger partial charge on any atom is 0.252 e. The summed E-state index contributed by atoms with van der Waals surface area (Å²) in [7, 11) is -3.54. The van der Waals surface area contributed by atoms with E-state index in [-0.39, 0.29) is 23.8 Å². The molecule has 0 aromatic carbocycles. The molecular weight excluding hydrogens is 384 g/mol. The van der Waals surface area contributed by atoms with Gasteiger partial charge in [-0.3, -0.25) is 4.79 Å². The fourth-order valence-electron chi connectivity index (χ4n) is 4.48. The first-order chi connectivity index (χ1) is 13.0. The smallest absolute Gasteiger partial charge is 0.252 e. The lowest BCUT2D eigenvalue weighted by atomic mass is 9.67. The molecule has 2 aromatic rings. The van der Waals surface area contributed by atoms with Gasteiger partial charge in [0.25, 0.3) is 10.0 Å². The van der Waals surface area contributed by atoms with Gasteiger partial charge in [-0.05, 0) is 41.8 Å². The van der Waals surface area contributed by atoms with E-state index in [2.05, 4.69) is 5.32 Å². The summed E-state index contributed by atoms with van der Waals surface area (Å²) in [5, 5.41) is 4.72. The van der Waals surface area contributed by atoms with Crippen molar-refractivity contribution in [2.75, 3.05) is 13.1 Å². The molecule has 1 saturated heterocycles. The molecule has 1 amide bonds. The second-order valence-electron chi connectivity index (χ2n) is 7.50. The van der Waals surface area contributed by atoms with Crippen LogP contribution in [0.1, 0.15) is 37.9 Å². The van der Waals surface area contributed by atoms with Crippen LogP contribution in [0.15, 0.2) is 44.5 Å². The summed E-state index contributed by atoms with van der Waals surface area (Å²) in [6, 6.07) is 6.99. The number of rotatable bonds is 5. The third kappa shape index (κ3) is 3.58. The van der Waals surface area contributed by atoms with E-state index in [4.69, 9.17) is 4.42 Å². The summed E-state index contributed by atoms with van der Waals surface area (Å²) in [4.78, 5) is 13.0. The zero-order chi connectivity index (χ0) is 18.9. The largest absolute Gasteiger partial charge is 0.467 e. The Bertz CT molecular complexity index is 869. The van der Waals surface area contributed by atoms with E-state index in [1.807, 2.05) is 6.07 Å². The average Bonchev–Trinajstić information content (AvgIpc) is 3.42. The third-order valence-corrected chi connectivity index (χ3v) is 9.07. The Morgan fingerprint density at radius 3 is 2.74 bits per heavy atom. The predicted molar refractivity (Wildman–Crippen MR) is 103 cm³/mol. The average molecular weight is 409 g/mol. The Balaban J connectivity index is 1.55. The molecule has 6 nitrogen and oxygen atoms in total. The number of sulfonamides is 1. The Hall–Kier alpha value is -1.64. The van der Waals surface area contributed by atoms with Crippen LogP contribution in [0.3, 0.4) is 0 Å². The van der Waals surface area contributed by atoms with Crippen molar-refractivity contribution in [2.45, 2.75) is 42.9 Å². The molecule has 8 heteroatoms. The van der Waals surface area contributed by atoms with Crippen LogP contribution in [0.2, 0.25) is 0 Å². The molecule has 1 aliphatic carbocycles. The molecule has 3 heterocycles. The van der Waals surface area contributed by atoms with Crippen molar-refractivity contribution in [3.8, 4) is 0 Å². The predicted octanol–water partition coefficient (Wildman–Crippen LogP) is 3.23. The molecule has 2 aromatic heterocycles. The van der Waals surface area contributed by atoms with Crippen molar-refractivity contribution in [2.24, 2.45) is 11.3 Å². The normalized spacial score (nSPS) is 22.9. The summed E-state index contributed by atoms with van der Waals surface area (Å²) in [6.07, 6.45) is 6.64. The van der Waals surface area contributed by atoms with E-state index in [1.165, 1.54) is 15.6 Å². The fraction of sp³-hybridized carbons (Fsp3) is 0.526. The van der Waals surface area contributed by atoms with Crippen LogP contribution >= 0.6 is 11.3 Å². The summed E-state index contributed by atoms with van der Waals surface area (Å²) in [5.41, 5.74) is -0.254. The highest BCUT2D eigenvalue weighted by Crippen LogP contribution is 2.49. The quantitative estimate of drug-likeness (QED) is 0.824. The minimum absolute atomic E-state index is 0.0721. The molecule has 4 rings (SSSR count). The topological polar surface area (TPSA) is 79.6 Å². The van der Waals surface area contributed by atoms with Crippen LogP contribution < -0.4 is 5.32 Å². The second kappa shape index (κ2) is 7.41. The van der Waals surface area contributed by atoms with Gasteiger partial charge in [-0.15, -0.1) is 11.3 Å². The summed E-state index contributed by atoms with van der Waals surface area (Å²) in [5.74, 6) is 0.307. The summed E-state index contributed by atoms with van der Waals surface area (Å²) >= 11 is 1.23. The Kier molecular flexibility index (Phi) is 5.13. The number of carbonyl (C=O) groups excluding carboxylic acids is 1. The maximum atomic E-state index is 13.0. The molecule has 1 saturated carbocycles. The molecule has 27 heavy (non-hydrogen) atoms. The van der Waals surface area contributed by atoms with Gasteiger partial charge in [0.05, 0.1) is 18.7 Å². The first-order valence-corrected chi connectivity index (χ1v) is 11.7. The molecule has 146 valence electrons. The summed E-state index contributed by atoms with van der Waals surface area (Å²) < 4.78 is 33.2. The van der Waals surface area contributed by atoms with Gasteiger partial charge >= 0.3 is 0 Å². The number of nitrogens with one attached hydrogen (secondary N) is 1. The van der Waals surface area contributed by atoms with Crippen LogP contribution in [0.5, 0.6) is 0 Å². The minimum Gasteiger partial charge on any atom is -0.467 e. The number of furan rings is 1. The molecule has 1 N–H and O–H groups in total. The van der Waals surface area contributed by atoms with Crippen LogP contribution in [0, 0.1) is 11.3 Å². The molecular formula is C19H24N2O4S2. The number of hydrogen-bond donors (Lipinski definition) is 1. The van der Waals surface area contributed by atoms with Crippen LogP contribution in [-0.2, 0) is 21.4 Å². The lowest BCUT2D eigenvalue weighted by Gasteiger charge is -2.37. The van der Waals surface area contributed by atoms with Gasteiger partial charge < -0.3 is 9.73 Å². The van der Waals surface area contributed by atoms with Gasteiger partial charge in [0.2, 0.25) is 5.91 Å². The van der Waals surface area contributed by atoms with Gasteiger partial charge in [-0.25, -0.2) is 8.42 Å². The lowest BCUT2D eigenvalue weighted by Crippen LogP contribution is -2.42. The standard InChI is InChI=1S/C19H24N2O4S2/c22-18(20-12-15-6-4-10-25-15)16-13-21(14-19(16)8-2-1-3-9-19)27(23,24)17-7-5-11-26-17/h4-7,10-11,16H,1-3,8-9,12-14H2,(H,20,22). The monoisotopic (exact) mass is 408 g/mol. The minimum atomic E-state index is -3.54. The van der Waals surface area contributed by atoms with Crippen molar-refractivity contribution < 1.29 is 17.6 Å².